The predicted molar refractivity (Wildman–Crippen MR) is 116 cm³/mol. The maximum Gasteiger partial charge on any atom is 0.259 e. The number of rotatable bonds is 6. The number of hydrogen-bond acceptors (Lipinski definition) is 8. The molecule has 1 fully saturated rings. The Bertz CT molecular complexity index is 1280. The highest BCUT2D eigenvalue weighted by Gasteiger charge is 2.30. The number of anilines is 2. The van der Waals surface area contributed by atoms with Gasteiger partial charge in [0.15, 0.2) is 0 Å². The van der Waals surface area contributed by atoms with Crippen molar-refractivity contribution in [1.29, 1.82) is 0 Å². The third kappa shape index (κ3) is 4.31. The lowest BCUT2D eigenvalue weighted by atomic mass is 10.2. The number of hydrogen-bond donors (Lipinski definition) is 2. The molecule has 2 aromatic heterocycles. The fraction of sp³-hybridized carbons (Fsp3) is 0.316. The van der Waals surface area contributed by atoms with Crippen molar-refractivity contribution in [2.45, 2.75) is 19.4 Å². The van der Waals surface area contributed by atoms with E-state index >= 15 is 0 Å². The third-order valence-electron chi connectivity index (χ3n) is 5.02. The zero-order chi connectivity index (χ0) is 22.3. The zero-order valence-electron chi connectivity index (χ0n) is 16.8. The molecule has 0 saturated carbocycles. The summed E-state index contributed by atoms with van der Waals surface area (Å²) in [5.41, 5.74) is 6.55. The summed E-state index contributed by atoms with van der Waals surface area (Å²) in [7, 11) is -3.32. The lowest BCUT2D eigenvalue weighted by molar-refractivity contribution is 0.100. The molecule has 4 rings (SSSR count). The second kappa shape index (κ2) is 8.02. The molecule has 3 N–H and O–H groups in total. The maximum atomic E-state index is 13.9. The van der Waals surface area contributed by atoms with Gasteiger partial charge in [0.05, 0.1) is 28.8 Å². The van der Waals surface area contributed by atoms with Gasteiger partial charge in [-0.05, 0) is 31.0 Å². The van der Waals surface area contributed by atoms with Gasteiger partial charge in [0, 0.05) is 12.6 Å². The molecular formula is C19H20FN5O4S2. The highest BCUT2D eigenvalue weighted by molar-refractivity contribution is 7.88. The van der Waals surface area contributed by atoms with E-state index in [1.807, 2.05) is 0 Å². The van der Waals surface area contributed by atoms with Crippen LogP contribution in [-0.4, -0.2) is 54.0 Å². The number of halogens is 1. The number of sulfonamides is 1. The van der Waals surface area contributed by atoms with Crippen molar-refractivity contribution in [1.82, 2.24) is 14.3 Å². The van der Waals surface area contributed by atoms with Crippen molar-refractivity contribution in [3.05, 3.63) is 40.8 Å². The minimum atomic E-state index is -3.32. The van der Waals surface area contributed by atoms with Crippen LogP contribution in [0.25, 0.3) is 10.2 Å². The minimum absolute atomic E-state index is 0.193. The number of aryl methyl sites for hydroxylation is 1. The number of nitrogens with one attached hydrogen (secondary N) is 1. The molecule has 1 aliphatic rings. The molecule has 1 aliphatic heterocycles. The van der Waals surface area contributed by atoms with E-state index in [1.165, 1.54) is 40.2 Å². The number of carbonyl (C=O) groups excluding carboxylic acids is 1. The van der Waals surface area contributed by atoms with Gasteiger partial charge < -0.3 is 15.8 Å². The molecule has 0 aliphatic carbocycles. The summed E-state index contributed by atoms with van der Waals surface area (Å²) in [6.45, 7) is 2.30. The monoisotopic (exact) mass is 465 g/mol. The van der Waals surface area contributed by atoms with E-state index in [-0.39, 0.29) is 12.3 Å². The fourth-order valence-electron chi connectivity index (χ4n) is 3.50. The first-order chi connectivity index (χ1) is 14.6. The Morgan fingerprint density at radius 3 is 2.84 bits per heavy atom. The van der Waals surface area contributed by atoms with Crippen LogP contribution in [-0.2, 0) is 10.0 Å². The molecule has 31 heavy (non-hydrogen) atoms. The summed E-state index contributed by atoms with van der Waals surface area (Å²) in [4.78, 5) is 21.2. The molecule has 3 heterocycles. The lowest BCUT2D eigenvalue weighted by Gasteiger charge is -2.18. The molecule has 0 spiro atoms. The fourth-order valence-corrected chi connectivity index (χ4v) is 5.38. The van der Waals surface area contributed by atoms with Crippen molar-refractivity contribution in [3.63, 3.8) is 0 Å². The van der Waals surface area contributed by atoms with E-state index in [4.69, 9.17) is 10.5 Å². The molecule has 0 bridgehead atoms. The first kappa shape index (κ1) is 21.4. The molecule has 1 amide bonds. The Hall–Kier alpha value is -2.83. The number of amides is 1. The van der Waals surface area contributed by atoms with Crippen molar-refractivity contribution in [2.75, 3.05) is 24.7 Å². The molecule has 0 radical (unpaired) electrons. The van der Waals surface area contributed by atoms with Crippen molar-refractivity contribution < 1.29 is 22.3 Å². The number of carbonyl (C=O) groups is 1. The van der Waals surface area contributed by atoms with Crippen LogP contribution in [0, 0.1) is 12.7 Å². The first-order valence-electron chi connectivity index (χ1n) is 9.35. The molecule has 1 aromatic carbocycles. The van der Waals surface area contributed by atoms with Gasteiger partial charge in [-0.1, -0.05) is 0 Å². The molecular weight excluding hydrogens is 445 g/mol. The van der Waals surface area contributed by atoms with E-state index in [9.17, 15) is 17.6 Å². The van der Waals surface area contributed by atoms with Gasteiger partial charge in [-0.2, -0.15) is 4.31 Å². The smallest absolute Gasteiger partial charge is 0.259 e. The van der Waals surface area contributed by atoms with Crippen LogP contribution in [0.15, 0.2) is 24.5 Å². The van der Waals surface area contributed by atoms with Gasteiger partial charge in [0.25, 0.3) is 5.91 Å². The summed E-state index contributed by atoms with van der Waals surface area (Å²) < 4.78 is 44.7. The number of primary amides is 1. The highest BCUT2D eigenvalue weighted by Crippen LogP contribution is 2.37. The number of fused-ring (bicyclic) bond motifs is 1. The SMILES string of the molecule is Cc1c(C(N)=O)sc2ncnc(Nc3ccc(F)cc3O[C@H]3CCN(S(C)(=O)=O)C3)c12. The number of nitrogens with two attached hydrogens (primary N) is 1. The highest BCUT2D eigenvalue weighted by atomic mass is 32.2. The van der Waals surface area contributed by atoms with E-state index in [2.05, 4.69) is 15.3 Å². The van der Waals surface area contributed by atoms with Crippen LogP contribution in [0.1, 0.15) is 21.7 Å². The van der Waals surface area contributed by atoms with Gasteiger partial charge in [0.1, 0.15) is 34.6 Å². The minimum Gasteiger partial charge on any atom is -0.487 e. The van der Waals surface area contributed by atoms with Crippen molar-refractivity contribution >= 4 is 49.0 Å². The quantitative estimate of drug-likeness (QED) is 0.572. The third-order valence-corrected chi connectivity index (χ3v) is 7.50. The number of aromatic nitrogens is 2. The van der Waals surface area contributed by atoms with Gasteiger partial charge in [-0.3, -0.25) is 4.79 Å². The Morgan fingerprint density at radius 1 is 1.39 bits per heavy atom. The number of nitrogens with zero attached hydrogens (tertiary/aromatic N) is 3. The lowest BCUT2D eigenvalue weighted by Crippen LogP contribution is -2.30. The summed E-state index contributed by atoms with van der Waals surface area (Å²) in [5.74, 6) is -0.384. The van der Waals surface area contributed by atoms with Crippen molar-refractivity contribution in [2.24, 2.45) is 5.73 Å². The normalized spacial score (nSPS) is 17.2. The molecule has 12 heteroatoms. The van der Waals surface area contributed by atoms with Crippen molar-refractivity contribution in [3.8, 4) is 5.75 Å². The second-order valence-corrected chi connectivity index (χ2v) is 10.2. The van der Waals surface area contributed by atoms with E-state index in [0.29, 0.717) is 45.1 Å². The summed E-state index contributed by atoms with van der Waals surface area (Å²) in [6.07, 6.45) is 2.59. The molecule has 1 atom stereocenters. The van der Waals surface area contributed by atoms with Crippen LogP contribution in [0.5, 0.6) is 5.75 Å². The summed E-state index contributed by atoms with van der Waals surface area (Å²) in [5, 5.41) is 3.77. The van der Waals surface area contributed by atoms with Gasteiger partial charge >= 0.3 is 0 Å². The first-order valence-corrected chi connectivity index (χ1v) is 12.0. The topological polar surface area (TPSA) is 128 Å². The molecule has 0 unspecified atom stereocenters. The van der Waals surface area contributed by atoms with Crippen LogP contribution in [0.2, 0.25) is 0 Å². The summed E-state index contributed by atoms with van der Waals surface area (Å²) in [6, 6.07) is 4.03. The summed E-state index contributed by atoms with van der Waals surface area (Å²) >= 11 is 1.17. The van der Waals surface area contributed by atoms with Gasteiger partial charge in [-0.15, -0.1) is 11.3 Å². The Kier molecular flexibility index (Phi) is 5.54. The number of benzene rings is 1. The molecule has 9 nitrogen and oxygen atoms in total. The predicted octanol–water partition coefficient (Wildman–Crippen LogP) is 2.39. The zero-order valence-corrected chi connectivity index (χ0v) is 18.4. The largest absolute Gasteiger partial charge is 0.487 e. The standard InChI is InChI=1S/C19H20FN5O4S2/c1-10-15-18(22-9-23-19(15)30-16(10)17(21)26)24-13-4-3-11(20)7-14(13)29-12-5-6-25(8-12)31(2,27)28/h3-4,7,9,12H,5-6,8H2,1-2H3,(H2,21,26)(H,22,23,24)/t12-/m0/s1. The van der Waals surface area contributed by atoms with Crippen LogP contribution in [0.4, 0.5) is 15.9 Å². The molecule has 164 valence electrons. The van der Waals surface area contributed by atoms with Crippen LogP contribution >= 0.6 is 11.3 Å². The Morgan fingerprint density at radius 2 is 2.16 bits per heavy atom. The number of ether oxygens (including phenoxy) is 1. The molecule has 1 saturated heterocycles. The Balaban J connectivity index is 1.65. The molecule has 3 aromatic rings. The van der Waals surface area contributed by atoms with E-state index < -0.39 is 27.9 Å². The second-order valence-electron chi connectivity index (χ2n) is 7.24. The van der Waals surface area contributed by atoms with Gasteiger partial charge in [0.2, 0.25) is 10.0 Å². The maximum absolute atomic E-state index is 13.9. The van der Waals surface area contributed by atoms with Crippen LogP contribution < -0.4 is 15.8 Å². The van der Waals surface area contributed by atoms with Gasteiger partial charge in [-0.25, -0.2) is 22.8 Å². The number of thiophene rings is 1. The van der Waals surface area contributed by atoms with E-state index in [1.54, 1.807) is 6.92 Å². The van der Waals surface area contributed by atoms with Crippen LogP contribution in [0.3, 0.4) is 0 Å². The van der Waals surface area contributed by atoms with E-state index in [0.717, 1.165) is 6.26 Å². The average Bonchev–Trinajstić information content (AvgIpc) is 3.29. The Labute approximate surface area is 182 Å². The average molecular weight is 466 g/mol.